The average Bonchev–Trinajstić information content (AvgIpc) is 2.96. The Labute approximate surface area is 268 Å². The van der Waals surface area contributed by atoms with Crippen LogP contribution in [0, 0.1) is 16.7 Å². The van der Waals surface area contributed by atoms with E-state index in [1.807, 2.05) is 6.92 Å². The Kier molecular flexibility index (Phi) is 24.4. The molecule has 1 atom stereocenters. The lowest BCUT2D eigenvalue weighted by atomic mass is 9.63. The third kappa shape index (κ3) is 19.8. The van der Waals surface area contributed by atoms with Crippen LogP contribution in [-0.4, -0.2) is 18.3 Å². The molecule has 1 aliphatic carbocycles. The minimum absolute atomic E-state index is 0.255. The van der Waals surface area contributed by atoms with Gasteiger partial charge >= 0.3 is 0 Å². The van der Waals surface area contributed by atoms with Crippen molar-refractivity contribution in [3.63, 3.8) is 0 Å². The summed E-state index contributed by atoms with van der Waals surface area (Å²) >= 11 is 0. The Balaban J connectivity index is 0. The maximum absolute atomic E-state index is 9.43. The largest absolute Gasteiger partial charge is 0.396 e. The van der Waals surface area contributed by atoms with Gasteiger partial charge in [0, 0.05) is 6.61 Å². The van der Waals surface area contributed by atoms with Crippen molar-refractivity contribution in [2.24, 2.45) is 17.0 Å². The number of nitroso groups, excluding NO2 is 1. The molecule has 0 amide bonds. The van der Waals surface area contributed by atoms with Gasteiger partial charge in [-0.2, -0.15) is 4.91 Å². The molecular weight excluding hydrogens is 526 g/mol. The Bertz CT molecular complexity index is 924. The van der Waals surface area contributed by atoms with Crippen LogP contribution in [-0.2, 0) is 10.8 Å². The van der Waals surface area contributed by atoms with Crippen LogP contribution in [0.25, 0.3) is 5.57 Å². The van der Waals surface area contributed by atoms with Crippen LogP contribution >= 0.6 is 0 Å². The second kappa shape index (κ2) is 24.3. The first-order chi connectivity index (χ1) is 20.2. The van der Waals surface area contributed by atoms with Crippen molar-refractivity contribution in [2.45, 2.75) is 158 Å². The third-order valence-corrected chi connectivity index (χ3v) is 8.38. The summed E-state index contributed by atoms with van der Waals surface area (Å²) in [6.45, 7) is 31.8. The topological polar surface area (TPSA) is 49.7 Å². The fraction of sp³-hybridized carbons (Fsp3) is 0.700. The number of fused-ring (bicyclic) bond motifs is 1. The standard InChI is InChI=1S/C22H30.C8H18.C5H11NO.C5H12O/c1-16(2)9-8-10-17(3)18-11-12-19-20(15-18)22(6,7)14-13-21(19,4)5;1-4-6-8(3)7-5-2;1-2-3-4-5-6-7;1-3-5(2)4-6/h8-12,15H,3,13-14H2,1-2,4-7H3;8H,4-7H2,1-3H3;2-5H2,1H3;5-6H,3-4H2,1-2H3/b10-8-;;;. The van der Waals surface area contributed by atoms with Gasteiger partial charge in [0.1, 0.15) is 0 Å². The number of aliphatic hydroxyl groups is 1. The van der Waals surface area contributed by atoms with Gasteiger partial charge in [0.25, 0.3) is 0 Å². The van der Waals surface area contributed by atoms with E-state index in [1.54, 1.807) is 0 Å². The van der Waals surface area contributed by atoms with Crippen LogP contribution in [0.2, 0.25) is 0 Å². The van der Waals surface area contributed by atoms with Gasteiger partial charge in [-0.3, -0.25) is 0 Å². The zero-order chi connectivity index (χ0) is 33.5. The highest BCUT2D eigenvalue weighted by Gasteiger charge is 2.36. The van der Waals surface area contributed by atoms with Gasteiger partial charge in [-0.25, -0.2) is 0 Å². The van der Waals surface area contributed by atoms with E-state index in [9.17, 15) is 4.91 Å². The molecule has 1 aromatic rings. The summed E-state index contributed by atoms with van der Waals surface area (Å²) in [6, 6.07) is 6.92. The molecule has 1 N–H and O–H groups in total. The van der Waals surface area contributed by atoms with E-state index in [0.29, 0.717) is 19.1 Å². The smallest absolute Gasteiger partial charge is 0.0811 e. The summed E-state index contributed by atoms with van der Waals surface area (Å²) in [6.07, 6.45) is 18.7. The highest BCUT2D eigenvalue weighted by molar-refractivity contribution is 5.73. The number of unbranched alkanes of at least 4 members (excludes halogenated alkanes) is 2. The van der Waals surface area contributed by atoms with Crippen LogP contribution in [0.3, 0.4) is 0 Å². The molecule has 3 heteroatoms. The van der Waals surface area contributed by atoms with Crippen LogP contribution in [0.15, 0.2) is 53.8 Å². The maximum Gasteiger partial charge on any atom is 0.0811 e. The van der Waals surface area contributed by atoms with E-state index < -0.39 is 0 Å². The Hall–Kier alpha value is -2.00. The van der Waals surface area contributed by atoms with Crippen molar-refractivity contribution in [1.82, 2.24) is 0 Å². The lowest BCUT2D eigenvalue weighted by Gasteiger charge is -2.42. The SMILES string of the molecule is C=C(/C=C\C=C(C)C)c1ccc2c(c1)C(C)(C)CCC2(C)C.CCC(C)CO.CCCC(C)CCC.CCCCCN=O. The molecule has 2 rings (SSSR count). The predicted molar refractivity (Wildman–Crippen MR) is 195 cm³/mol. The molecule has 0 radical (unpaired) electrons. The molecule has 0 bridgehead atoms. The van der Waals surface area contributed by atoms with Crippen molar-refractivity contribution in [2.75, 3.05) is 13.2 Å². The molecule has 248 valence electrons. The second-order valence-corrected chi connectivity index (χ2v) is 14.1. The summed E-state index contributed by atoms with van der Waals surface area (Å²) in [5.41, 5.74) is 7.17. The molecule has 1 aliphatic rings. The number of aliphatic hydroxyl groups excluding tert-OH is 1. The summed E-state index contributed by atoms with van der Waals surface area (Å²) in [7, 11) is 0. The van der Waals surface area contributed by atoms with Crippen LogP contribution in [0.1, 0.15) is 164 Å². The maximum atomic E-state index is 9.43. The van der Waals surface area contributed by atoms with E-state index in [-0.39, 0.29) is 10.8 Å². The molecule has 43 heavy (non-hydrogen) atoms. The molecule has 0 saturated heterocycles. The van der Waals surface area contributed by atoms with E-state index in [2.05, 4.69) is 124 Å². The van der Waals surface area contributed by atoms with Gasteiger partial charge in [0.15, 0.2) is 0 Å². The minimum Gasteiger partial charge on any atom is -0.396 e. The fourth-order valence-corrected chi connectivity index (χ4v) is 4.93. The van der Waals surface area contributed by atoms with Crippen LogP contribution in [0.4, 0.5) is 0 Å². The fourth-order valence-electron chi connectivity index (χ4n) is 4.93. The summed E-state index contributed by atoms with van der Waals surface area (Å²) < 4.78 is 0. The number of nitrogens with zero attached hydrogens (tertiary/aromatic N) is 1. The lowest BCUT2D eigenvalue weighted by Crippen LogP contribution is -2.33. The monoisotopic (exact) mass is 598 g/mol. The van der Waals surface area contributed by atoms with E-state index >= 15 is 0 Å². The Morgan fingerprint density at radius 2 is 1.47 bits per heavy atom. The molecule has 0 saturated carbocycles. The quantitative estimate of drug-likeness (QED) is 0.140. The second-order valence-electron chi connectivity index (χ2n) is 14.1. The van der Waals surface area contributed by atoms with Crippen LogP contribution in [0.5, 0.6) is 0 Å². The molecule has 0 fully saturated rings. The van der Waals surface area contributed by atoms with Crippen LogP contribution < -0.4 is 0 Å². The van der Waals surface area contributed by atoms with Gasteiger partial charge in [-0.05, 0) is 78.0 Å². The molecular formula is C40H71NO2. The van der Waals surface area contributed by atoms with Crippen molar-refractivity contribution < 1.29 is 5.11 Å². The van der Waals surface area contributed by atoms with Crippen molar-refractivity contribution in [3.8, 4) is 0 Å². The number of benzene rings is 1. The molecule has 0 aromatic heterocycles. The van der Waals surface area contributed by atoms with Gasteiger partial charge in [-0.15, -0.1) is 0 Å². The zero-order valence-electron chi connectivity index (χ0n) is 30.6. The van der Waals surface area contributed by atoms with Crippen molar-refractivity contribution in [3.05, 3.63) is 70.2 Å². The summed E-state index contributed by atoms with van der Waals surface area (Å²) in [4.78, 5) is 9.43. The minimum atomic E-state index is 0.255. The van der Waals surface area contributed by atoms with E-state index in [0.717, 1.165) is 37.2 Å². The van der Waals surface area contributed by atoms with Gasteiger partial charge in [-0.1, -0.05) is 168 Å². The van der Waals surface area contributed by atoms with Crippen molar-refractivity contribution >= 4 is 5.57 Å². The van der Waals surface area contributed by atoms with Gasteiger partial charge < -0.3 is 5.11 Å². The number of hydrogen-bond donors (Lipinski definition) is 1. The number of rotatable bonds is 13. The molecule has 1 unspecified atom stereocenters. The first-order valence-corrected chi connectivity index (χ1v) is 17.2. The van der Waals surface area contributed by atoms with Gasteiger partial charge in [0.05, 0.1) is 6.54 Å². The first kappa shape index (κ1) is 43.1. The lowest BCUT2D eigenvalue weighted by molar-refractivity contribution is 0.234. The first-order valence-electron chi connectivity index (χ1n) is 17.2. The van der Waals surface area contributed by atoms with E-state index in [4.69, 9.17) is 5.11 Å². The zero-order valence-corrected chi connectivity index (χ0v) is 30.6. The Morgan fingerprint density at radius 1 is 0.907 bits per heavy atom. The molecule has 0 spiro atoms. The normalized spacial score (nSPS) is 15.0. The molecule has 1 aromatic carbocycles. The predicted octanol–water partition coefficient (Wildman–Crippen LogP) is 12.8. The van der Waals surface area contributed by atoms with E-state index in [1.165, 1.54) is 60.8 Å². The third-order valence-electron chi connectivity index (χ3n) is 8.38. The molecule has 0 heterocycles. The van der Waals surface area contributed by atoms with Gasteiger partial charge in [0.2, 0.25) is 0 Å². The molecule has 0 aliphatic heterocycles. The molecule has 3 nitrogen and oxygen atoms in total. The average molecular weight is 598 g/mol. The highest BCUT2D eigenvalue weighted by atomic mass is 16.3. The Morgan fingerprint density at radius 3 is 1.88 bits per heavy atom. The summed E-state index contributed by atoms with van der Waals surface area (Å²) in [5, 5.41) is 11.1. The number of allylic oxidation sites excluding steroid dienone is 5. The highest BCUT2D eigenvalue weighted by Crippen LogP contribution is 2.46. The van der Waals surface area contributed by atoms with Crippen molar-refractivity contribution in [1.29, 1.82) is 0 Å². The number of hydrogen-bond acceptors (Lipinski definition) is 3. The summed E-state index contributed by atoms with van der Waals surface area (Å²) in [5.74, 6) is 1.45.